The molecule has 0 bridgehead atoms. The summed E-state index contributed by atoms with van der Waals surface area (Å²) in [5, 5.41) is 20.3. The number of benzene rings is 1. The number of hydrogen-bond acceptors (Lipinski definition) is 7. The normalized spacial score (nSPS) is 11.0. The maximum atomic E-state index is 12.3. The highest BCUT2D eigenvalue weighted by atomic mass is 32.2. The minimum absolute atomic E-state index is 0.0279. The molecule has 2 aromatic rings. The molecule has 1 heterocycles. The Kier molecular flexibility index (Phi) is 7.44. The second kappa shape index (κ2) is 9.81. The minimum atomic E-state index is -0.519. The van der Waals surface area contributed by atoms with E-state index in [1.54, 1.807) is 23.9 Å². The Balaban J connectivity index is 2.08. The summed E-state index contributed by atoms with van der Waals surface area (Å²) in [4.78, 5) is 12.3. The lowest BCUT2D eigenvalue weighted by atomic mass is 10.1. The minimum Gasteiger partial charge on any atom is -0.496 e. The van der Waals surface area contributed by atoms with Crippen LogP contribution in [-0.2, 0) is 4.79 Å². The van der Waals surface area contributed by atoms with Gasteiger partial charge in [-0.15, -0.1) is 10.2 Å². The standard InChI is InChI=1S/C17H18N4O2S2/c1-3-4-9-24-17-21-20-16(25-17)19-15(22)13(11-18)10-12-7-5-6-8-14(12)23-2/h5-8,10H,3-4,9H2,1-2H3,(H,19,20,22)/b13-10+. The molecule has 0 spiro atoms. The maximum absolute atomic E-state index is 12.3. The largest absolute Gasteiger partial charge is 0.496 e. The molecule has 1 aromatic carbocycles. The van der Waals surface area contributed by atoms with Gasteiger partial charge in [0.1, 0.15) is 17.4 Å². The summed E-state index contributed by atoms with van der Waals surface area (Å²) in [6, 6.07) is 9.09. The zero-order chi connectivity index (χ0) is 18.1. The highest BCUT2D eigenvalue weighted by molar-refractivity contribution is 8.01. The van der Waals surface area contributed by atoms with E-state index < -0.39 is 5.91 Å². The SMILES string of the molecule is CCCCSc1nnc(NC(=O)/C(C#N)=C/c2ccccc2OC)s1. The Morgan fingerprint density at radius 1 is 1.44 bits per heavy atom. The van der Waals surface area contributed by atoms with Gasteiger partial charge in [0.25, 0.3) is 5.91 Å². The van der Waals surface area contributed by atoms with Crippen molar-refractivity contribution in [3.05, 3.63) is 35.4 Å². The van der Waals surface area contributed by atoms with Crippen LogP contribution < -0.4 is 10.1 Å². The van der Waals surface area contributed by atoms with Crippen molar-refractivity contribution in [1.82, 2.24) is 10.2 Å². The molecule has 0 aliphatic rings. The van der Waals surface area contributed by atoms with E-state index >= 15 is 0 Å². The van der Waals surface area contributed by atoms with Crippen molar-refractivity contribution in [2.45, 2.75) is 24.1 Å². The predicted octanol–water partition coefficient (Wildman–Crippen LogP) is 3.98. The fourth-order valence-corrected chi connectivity index (χ4v) is 3.78. The number of nitrogens with one attached hydrogen (secondary N) is 1. The van der Waals surface area contributed by atoms with E-state index in [-0.39, 0.29) is 5.57 Å². The number of methoxy groups -OCH3 is 1. The molecule has 6 nitrogen and oxygen atoms in total. The van der Waals surface area contributed by atoms with Crippen LogP contribution >= 0.6 is 23.1 Å². The van der Waals surface area contributed by atoms with Crippen LogP contribution in [0.4, 0.5) is 5.13 Å². The van der Waals surface area contributed by atoms with Gasteiger partial charge in [0.05, 0.1) is 7.11 Å². The van der Waals surface area contributed by atoms with E-state index in [0.717, 1.165) is 22.9 Å². The molecule has 0 unspecified atom stereocenters. The van der Waals surface area contributed by atoms with Gasteiger partial charge in [-0.05, 0) is 18.6 Å². The number of thioether (sulfide) groups is 1. The number of para-hydroxylation sites is 1. The summed E-state index contributed by atoms with van der Waals surface area (Å²) >= 11 is 2.91. The number of rotatable bonds is 8. The zero-order valence-corrected chi connectivity index (χ0v) is 15.6. The molecular formula is C17H18N4O2S2. The number of aromatic nitrogens is 2. The first-order valence-electron chi connectivity index (χ1n) is 7.70. The second-order valence-electron chi connectivity index (χ2n) is 4.94. The molecule has 0 radical (unpaired) electrons. The lowest BCUT2D eigenvalue weighted by molar-refractivity contribution is -0.112. The first-order chi connectivity index (χ1) is 12.2. The summed E-state index contributed by atoms with van der Waals surface area (Å²) in [5.41, 5.74) is 0.629. The van der Waals surface area contributed by atoms with Crippen LogP contribution in [-0.4, -0.2) is 29.0 Å². The van der Waals surface area contributed by atoms with Gasteiger partial charge >= 0.3 is 0 Å². The number of carbonyl (C=O) groups is 1. The molecule has 1 N–H and O–H groups in total. The van der Waals surface area contributed by atoms with Crippen LogP contribution in [0.3, 0.4) is 0 Å². The number of unbranched alkanes of at least 4 members (excludes halogenated alkanes) is 1. The Labute approximate surface area is 154 Å². The van der Waals surface area contributed by atoms with E-state index in [1.807, 2.05) is 18.2 Å². The maximum Gasteiger partial charge on any atom is 0.268 e. The summed E-state index contributed by atoms with van der Waals surface area (Å²) in [6.45, 7) is 2.13. The van der Waals surface area contributed by atoms with Crippen LogP contribution in [0.5, 0.6) is 5.75 Å². The molecule has 0 aliphatic carbocycles. The van der Waals surface area contributed by atoms with Crippen LogP contribution in [0.15, 0.2) is 34.2 Å². The Bertz CT molecular complexity index is 796. The van der Waals surface area contributed by atoms with E-state index in [2.05, 4.69) is 22.4 Å². The summed E-state index contributed by atoms with van der Waals surface area (Å²) < 4.78 is 6.03. The highest BCUT2D eigenvalue weighted by Gasteiger charge is 2.14. The van der Waals surface area contributed by atoms with Crippen molar-refractivity contribution in [1.29, 1.82) is 5.26 Å². The van der Waals surface area contributed by atoms with Crippen molar-refractivity contribution in [2.24, 2.45) is 0 Å². The molecule has 0 atom stereocenters. The van der Waals surface area contributed by atoms with Crippen molar-refractivity contribution in [3.63, 3.8) is 0 Å². The third kappa shape index (κ3) is 5.59. The molecule has 8 heteroatoms. The average Bonchev–Trinajstić information content (AvgIpc) is 3.07. The molecule has 25 heavy (non-hydrogen) atoms. The molecule has 130 valence electrons. The van der Waals surface area contributed by atoms with Crippen molar-refractivity contribution in [2.75, 3.05) is 18.2 Å². The smallest absolute Gasteiger partial charge is 0.268 e. The molecule has 0 fully saturated rings. The lowest BCUT2D eigenvalue weighted by Crippen LogP contribution is -2.13. The highest BCUT2D eigenvalue weighted by Crippen LogP contribution is 2.27. The van der Waals surface area contributed by atoms with Gasteiger partial charge in [0.2, 0.25) is 5.13 Å². The molecule has 1 aromatic heterocycles. The zero-order valence-electron chi connectivity index (χ0n) is 14.0. The fraction of sp³-hybridized carbons (Fsp3) is 0.294. The van der Waals surface area contributed by atoms with Crippen LogP contribution in [0.25, 0.3) is 6.08 Å². The Morgan fingerprint density at radius 3 is 2.96 bits per heavy atom. The number of nitriles is 1. The van der Waals surface area contributed by atoms with Crippen molar-refractivity contribution in [3.8, 4) is 11.8 Å². The van der Waals surface area contributed by atoms with E-state index in [9.17, 15) is 10.1 Å². The molecular weight excluding hydrogens is 356 g/mol. The second-order valence-corrected chi connectivity index (χ2v) is 7.26. The predicted molar refractivity (Wildman–Crippen MR) is 101 cm³/mol. The monoisotopic (exact) mass is 374 g/mol. The number of nitrogens with zero attached hydrogens (tertiary/aromatic N) is 3. The Morgan fingerprint density at radius 2 is 2.24 bits per heavy atom. The van der Waals surface area contributed by atoms with Gasteiger partial charge < -0.3 is 4.74 Å². The Hall–Kier alpha value is -2.37. The molecule has 2 rings (SSSR count). The molecule has 0 saturated heterocycles. The van der Waals surface area contributed by atoms with Gasteiger partial charge in [-0.25, -0.2) is 0 Å². The van der Waals surface area contributed by atoms with Crippen LogP contribution in [0, 0.1) is 11.3 Å². The van der Waals surface area contributed by atoms with Crippen molar-refractivity contribution >= 4 is 40.2 Å². The van der Waals surface area contributed by atoms with E-state index in [4.69, 9.17) is 4.74 Å². The number of ether oxygens (including phenoxy) is 1. The van der Waals surface area contributed by atoms with Gasteiger partial charge in [-0.1, -0.05) is 54.6 Å². The van der Waals surface area contributed by atoms with Gasteiger partial charge in [0, 0.05) is 11.3 Å². The molecule has 1 amide bonds. The fourth-order valence-electron chi connectivity index (χ4n) is 1.88. The number of amides is 1. The third-order valence-electron chi connectivity index (χ3n) is 3.15. The first-order valence-corrected chi connectivity index (χ1v) is 9.50. The lowest BCUT2D eigenvalue weighted by Gasteiger charge is -2.04. The van der Waals surface area contributed by atoms with Gasteiger partial charge in [0.15, 0.2) is 4.34 Å². The van der Waals surface area contributed by atoms with Crippen LogP contribution in [0.2, 0.25) is 0 Å². The number of anilines is 1. The average molecular weight is 374 g/mol. The molecule has 0 saturated carbocycles. The first kappa shape index (κ1) is 19.0. The topological polar surface area (TPSA) is 87.9 Å². The van der Waals surface area contributed by atoms with Gasteiger partial charge in [-0.2, -0.15) is 5.26 Å². The summed E-state index contributed by atoms with van der Waals surface area (Å²) in [6.07, 6.45) is 3.72. The number of hydrogen-bond donors (Lipinski definition) is 1. The van der Waals surface area contributed by atoms with Gasteiger partial charge in [-0.3, -0.25) is 10.1 Å². The van der Waals surface area contributed by atoms with Crippen molar-refractivity contribution < 1.29 is 9.53 Å². The molecule has 0 aliphatic heterocycles. The quantitative estimate of drug-likeness (QED) is 0.247. The van der Waals surface area contributed by atoms with E-state index in [0.29, 0.717) is 16.4 Å². The van der Waals surface area contributed by atoms with Crippen LogP contribution in [0.1, 0.15) is 25.3 Å². The summed E-state index contributed by atoms with van der Waals surface area (Å²) in [5.74, 6) is 1.04. The number of carbonyl (C=O) groups excluding carboxylic acids is 1. The third-order valence-corrected chi connectivity index (χ3v) is 5.21. The summed E-state index contributed by atoms with van der Waals surface area (Å²) in [7, 11) is 1.54. The van der Waals surface area contributed by atoms with E-state index in [1.165, 1.54) is 24.5 Å².